The van der Waals surface area contributed by atoms with E-state index in [0.29, 0.717) is 23.4 Å². The standard InChI is InChI=1S/C16H18N2O3/c1-4-9-17-16(21)11(2)10-15(20)18-14-7-5-13(6-8-14)12(3)19/h4-8,10H,1,9H2,2-3H3,(H,17,21)(H,18,20)/b11-10-. The number of Topliss-reactive ketones (excluding diaryl/α,β-unsaturated/α-hetero) is 1. The zero-order valence-electron chi connectivity index (χ0n) is 12.1. The molecular formula is C16H18N2O3. The Labute approximate surface area is 123 Å². The summed E-state index contributed by atoms with van der Waals surface area (Å²) in [7, 11) is 0. The first kappa shape index (κ1) is 16.4. The molecule has 0 aromatic heterocycles. The molecule has 0 unspecified atom stereocenters. The molecule has 0 atom stereocenters. The van der Waals surface area contributed by atoms with Gasteiger partial charge in [0.1, 0.15) is 0 Å². The van der Waals surface area contributed by atoms with Gasteiger partial charge in [-0.05, 0) is 38.1 Å². The van der Waals surface area contributed by atoms with E-state index in [2.05, 4.69) is 17.2 Å². The minimum absolute atomic E-state index is 0.0393. The summed E-state index contributed by atoms with van der Waals surface area (Å²) in [6.07, 6.45) is 2.78. The summed E-state index contributed by atoms with van der Waals surface area (Å²) in [6, 6.07) is 6.53. The van der Waals surface area contributed by atoms with Crippen molar-refractivity contribution in [1.29, 1.82) is 0 Å². The van der Waals surface area contributed by atoms with Crippen LogP contribution >= 0.6 is 0 Å². The molecule has 0 heterocycles. The molecule has 21 heavy (non-hydrogen) atoms. The maximum atomic E-state index is 11.8. The van der Waals surface area contributed by atoms with E-state index in [1.807, 2.05) is 0 Å². The molecule has 0 aliphatic carbocycles. The molecule has 1 aromatic rings. The molecule has 0 aliphatic heterocycles. The van der Waals surface area contributed by atoms with Crippen molar-refractivity contribution >= 4 is 23.3 Å². The second-order valence-corrected chi connectivity index (χ2v) is 4.45. The fourth-order valence-electron chi connectivity index (χ4n) is 1.53. The van der Waals surface area contributed by atoms with Crippen LogP contribution in [0.2, 0.25) is 0 Å². The highest BCUT2D eigenvalue weighted by atomic mass is 16.2. The summed E-state index contributed by atoms with van der Waals surface area (Å²) in [5.74, 6) is -0.767. The zero-order valence-corrected chi connectivity index (χ0v) is 12.1. The lowest BCUT2D eigenvalue weighted by molar-refractivity contribution is -0.118. The molecule has 0 aliphatic rings. The van der Waals surface area contributed by atoms with E-state index in [1.54, 1.807) is 37.3 Å². The van der Waals surface area contributed by atoms with Crippen LogP contribution in [0.15, 0.2) is 48.6 Å². The van der Waals surface area contributed by atoms with Crippen molar-refractivity contribution in [1.82, 2.24) is 5.32 Å². The van der Waals surface area contributed by atoms with Gasteiger partial charge in [-0.15, -0.1) is 6.58 Å². The Bertz CT molecular complexity index is 586. The number of carbonyl (C=O) groups is 3. The molecule has 0 saturated carbocycles. The average molecular weight is 286 g/mol. The van der Waals surface area contributed by atoms with Crippen molar-refractivity contribution in [3.05, 3.63) is 54.1 Å². The summed E-state index contributed by atoms with van der Waals surface area (Å²) in [6.45, 7) is 6.86. The number of ketones is 1. The highest BCUT2D eigenvalue weighted by Gasteiger charge is 2.06. The molecule has 110 valence electrons. The van der Waals surface area contributed by atoms with Crippen LogP contribution in [-0.4, -0.2) is 24.1 Å². The predicted octanol–water partition coefficient (Wildman–Crippen LogP) is 2.08. The Morgan fingerprint density at radius 3 is 2.29 bits per heavy atom. The fraction of sp³-hybridized carbons (Fsp3) is 0.188. The number of amides is 2. The van der Waals surface area contributed by atoms with Crippen LogP contribution in [0.25, 0.3) is 0 Å². The van der Waals surface area contributed by atoms with Gasteiger partial charge in [-0.1, -0.05) is 6.08 Å². The normalized spacial score (nSPS) is 10.7. The van der Waals surface area contributed by atoms with Gasteiger partial charge >= 0.3 is 0 Å². The molecule has 0 bridgehead atoms. The lowest BCUT2D eigenvalue weighted by atomic mass is 10.1. The molecule has 0 spiro atoms. The van der Waals surface area contributed by atoms with Crippen molar-refractivity contribution in [2.45, 2.75) is 13.8 Å². The zero-order chi connectivity index (χ0) is 15.8. The summed E-state index contributed by atoms with van der Waals surface area (Å²) in [5, 5.41) is 5.20. The van der Waals surface area contributed by atoms with Crippen LogP contribution < -0.4 is 10.6 Å². The fourth-order valence-corrected chi connectivity index (χ4v) is 1.53. The smallest absolute Gasteiger partial charge is 0.248 e. The number of nitrogens with one attached hydrogen (secondary N) is 2. The molecule has 0 fully saturated rings. The molecule has 2 amide bonds. The second-order valence-electron chi connectivity index (χ2n) is 4.45. The van der Waals surface area contributed by atoms with Crippen LogP contribution in [-0.2, 0) is 9.59 Å². The molecule has 1 aromatic carbocycles. The first-order chi connectivity index (χ1) is 9.93. The second kappa shape index (κ2) is 7.79. The number of carbonyl (C=O) groups excluding carboxylic acids is 3. The van der Waals surface area contributed by atoms with Crippen molar-refractivity contribution in [3.63, 3.8) is 0 Å². The predicted molar refractivity (Wildman–Crippen MR) is 82.0 cm³/mol. The van der Waals surface area contributed by atoms with Crippen LogP contribution in [0.5, 0.6) is 0 Å². The number of rotatable bonds is 6. The lowest BCUT2D eigenvalue weighted by Crippen LogP contribution is -2.24. The Kier molecular flexibility index (Phi) is 6.07. The minimum atomic E-state index is -0.406. The molecular weight excluding hydrogens is 268 g/mol. The van der Waals surface area contributed by atoms with Gasteiger partial charge in [0.05, 0.1) is 0 Å². The summed E-state index contributed by atoms with van der Waals surface area (Å²) < 4.78 is 0. The van der Waals surface area contributed by atoms with Crippen LogP contribution in [0.1, 0.15) is 24.2 Å². The van der Waals surface area contributed by atoms with E-state index < -0.39 is 5.91 Å². The lowest BCUT2D eigenvalue weighted by Gasteiger charge is -2.05. The van der Waals surface area contributed by atoms with Gasteiger partial charge in [-0.3, -0.25) is 14.4 Å². The van der Waals surface area contributed by atoms with Gasteiger partial charge in [-0.25, -0.2) is 0 Å². The first-order valence-corrected chi connectivity index (χ1v) is 6.43. The number of benzene rings is 1. The Hall–Kier alpha value is -2.69. The highest BCUT2D eigenvalue weighted by molar-refractivity contribution is 6.06. The van der Waals surface area contributed by atoms with Crippen LogP contribution in [0, 0.1) is 0 Å². The van der Waals surface area contributed by atoms with Gasteiger partial charge in [0, 0.05) is 29.4 Å². The van der Waals surface area contributed by atoms with E-state index >= 15 is 0 Å². The SMILES string of the molecule is C=CCNC(=O)/C(C)=C\C(=O)Nc1ccc(C(C)=O)cc1. The molecule has 0 saturated heterocycles. The van der Waals surface area contributed by atoms with E-state index in [0.717, 1.165) is 0 Å². The summed E-state index contributed by atoms with van der Waals surface area (Å²) >= 11 is 0. The van der Waals surface area contributed by atoms with Crippen molar-refractivity contribution in [3.8, 4) is 0 Å². The number of hydrogen-bond acceptors (Lipinski definition) is 3. The van der Waals surface area contributed by atoms with E-state index in [4.69, 9.17) is 0 Å². The third kappa shape index (κ3) is 5.44. The third-order valence-electron chi connectivity index (χ3n) is 2.67. The molecule has 0 radical (unpaired) electrons. The maximum absolute atomic E-state index is 11.8. The van der Waals surface area contributed by atoms with E-state index in [1.165, 1.54) is 13.0 Å². The maximum Gasteiger partial charge on any atom is 0.248 e. The minimum Gasteiger partial charge on any atom is -0.349 e. The molecule has 5 nitrogen and oxygen atoms in total. The third-order valence-corrected chi connectivity index (χ3v) is 2.67. The van der Waals surface area contributed by atoms with Gasteiger partial charge in [-0.2, -0.15) is 0 Å². The monoisotopic (exact) mass is 286 g/mol. The molecule has 5 heteroatoms. The summed E-state index contributed by atoms with van der Waals surface area (Å²) in [5.41, 5.74) is 1.43. The quantitative estimate of drug-likeness (QED) is 0.477. The van der Waals surface area contributed by atoms with Crippen molar-refractivity contribution < 1.29 is 14.4 Å². The average Bonchev–Trinajstić information content (AvgIpc) is 2.45. The van der Waals surface area contributed by atoms with Crippen LogP contribution in [0.4, 0.5) is 5.69 Å². The van der Waals surface area contributed by atoms with E-state index in [-0.39, 0.29) is 11.7 Å². The Morgan fingerprint density at radius 2 is 1.76 bits per heavy atom. The summed E-state index contributed by atoms with van der Waals surface area (Å²) in [4.78, 5) is 34.5. The largest absolute Gasteiger partial charge is 0.349 e. The van der Waals surface area contributed by atoms with E-state index in [9.17, 15) is 14.4 Å². The van der Waals surface area contributed by atoms with Crippen molar-refractivity contribution in [2.75, 3.05) is 11.9 Å². The first-order valence-electron chi connectivity index (χ1n) is 6.43. The number of hydrogen-bond donors (Lipinski definition) is 2. The highest BCUT2D eigenvalue weighted by Crippen LogP contribution is 2.10. The molecule has 2 N–H and O–H groups in total. The van der Waals surface area contributed by atoms with Gasteiger partial charge in [0.25, 0.3) is 0 Å². The Morgan fingerprint density at radius 1 is 1.14 bits per heavy atom. The van der Waals surface area contributed by atoms with Gasteiger partial charge in [0.2, 0.25) is 11.8 Å². The Balaban J connectivity index is 2.66. The molecule has 1 rings (SSSR count). The van der Waals surface area contributed by atoms with Gasteiger partial charge in [0.15, 0.2) is 5.78 Å². The van der Waals surface area contributed by atoms with Gasteiger partial charge < -0.3 is 10.6 Å². The topological polar surface area (TPSA) is 75.3 Å². The number of anilines is 1. The van der Waals surface area contributed by atoms with Crippen molar-refractivity contribution in [2.24, 2.45) is 0 Å². The van der Waals surface area contributed by atoms with Crippen LogP contribution in [0.3, 0.4) is 0 Å².